The third kappa shape index (κ3) is 0.992. The summed E-state index contributed by atoms with van der Waals surface area (Å²) in [5, 5.41) is 11.9. The predicted molar refractivity (Wildman–Crippen MR) is 47.0 cm³/mol. The average molecular weight is 228 g/mol. The number of fused-ring (bicyclic) bond motifs is 1. The number of hydrogen-bond donors (Lipinski definition) is 2. The highest BCUT2D eigenvalue weighted by molar-refractivity contribution is 9.10. The van der Waals surface area contributed by atoms with Crippen LogP contribution in [0.3, 0.4) is 0 Å². The second-order valence-electron chi connectivity index (χ2n) is 2.64. The molecule has 1 aliphatic heterocycles. The van der Waals surface area contributed by atoms with Gasteiger partial charge in [-0.1, -0.05) is 0 Å². The van der Waals surface area contributed by atoms with Crippen LogP contribution in [-0.4, -0.2) is 11.0 Å². The number of benzene rings is 1. The molecule has 1 heterocycles. The summed E-state index contributed by atoms with van der Waals surface area (Å²) in [4.78, 5) is 11.1. The highest BCUT2D eigenvalue weighted by Crippen LogP contribution is 2.29. The molecule has 0 unspecified atom stereocenters. The fourth-order valence-electron chi connectivity index (χ4n) is 1.23. The first kappa shape index (κ1) is 7.61. The van der Waals surface area contributed by atoms with E-state index in [-0.39, 0.29) is 11.7 Å². The number of rotatable bonds is 0. The highest BCUT2D eigenvalue weighted by atomic mass is 79.9. The summed E-state index contributed by atoms with van der Waals surface area (Å²) in [5.74, 6) is -0.0152. The Labute approximate surface area is 77.5 Å². The lowest BCUT2D eigenvalue weighted by Crippen LogP contribution is -2.12. The molecule has 3 nitrogen and oxygen atoms in total. The van der Waals surface area contributed by atoms with Crippen LogP contribution in [0.2, 0.25) is 0 Å². The number of phenolic OH excluding ortho intramolecular Hbond substituents is 1. The van der Waals surface area contributed by atoms with Crippen LogP contribution in [0.25, 0.3) is 0 Å². The van der Waals surface area contributed by atoms with Gasteiger partial charge in [-0.15, -0.1) is 0 Å². The molecule has 0 bridgehead atoms. The van der Waals surface area contributed by atoms with Crippen LogP contribution in [0, 0.1) is 0 Å². The van der Waals surface area contributed by atoms with Crippen molar-refractivity contribution in [1.29, 1.82) is 0 Å². The van der Waals surface area contributed by atoms with E-state index in [9.17, 15) is 9.90 Å². The van der Waals surface area contributed by atoms with Gasteiger partial charge in [-0.2, -0.15) is 0 Å². The molecule has 1 aromatic carbocycles. The van der Waals surface area contributed by atoms with E-state index in [1.165, 1.54) is 6.07 Å². The van der Waals surface area contributed by atoms with Gasteiger partial charge >= 0.3 is 0 Å². The molecule has 1 aliphatic rings. The van der Waals surface area contributed by atoms with Gasteiger partial charge in [-0.25, -0.2) is 0 Å². The number of halogens is 1. The van der Waals surface area contributed by atoms with Crippen LogP contribution >= 0.6 is 15.9 Å². The number of carbonyl (C=O) groups is 1. The molecule has 1 amide bonds. The van der Waals surface area contributed by atoms with Crippen molar-refractivity contribution in [2.24, 2.45) is 0 Å². The van der Waals surface area contributed by atoms with Crippen molar-refractivity contribution >= 4 is 21.8 Å². The molecule has 0 radical (unpaired) electrons. The standard InChI is InChI=1S/C8H6BrNO2/c9-6-1-4-3-10-8(12)5(4)2-7(6)11/h1-2,11H,3H2,(H,10,12). The Hall–Kier alpha value is -1.03. The third-order valence-corrected chi connectivity index (χ3v) is 2.49. The van der Waals surface area contributed by atoms with Gasteiger partial charge in [0.25, 0.3) is 5.91 Å². The first-order chi connectivity index (χ1) is 5.68. The maximum absolute atomic E-state index is 11.1. The summed E-state index contributed by atoms with van der Waals surface area (Å²) in [6.45, 7) is 0.549. The zero-order valence-electron chi connectivity index (χ0n) is 6.10. The third-order valence-electron chi connectivity index (χ3n) is 1.86. The minimum atomic E-state index is -0.118. The van der Waals surface area contributed by atoms with E-state index in [1.807, 2.05) is 0 Å². The van der Waals surface area contributed by atoms with Crippen LogP contribution in [0.1, 0.15) is 15.9 Å². The van der Waals surface area contributed by atoms with E-state index in [1.54, 1.807) is 6.07 Å². The molecule has 0 spiro atoms. The Balaban J connectivity index is 2.63. The summed E-state index contributed by atoms with van der Waals surface area (Å²) in [5.41, 5.74) is 1.49. The molecule has 0 aliphatic carbocycles. The monoisotopic (exact) mass is 227 g/mol. The fraction of sp³-hybridized carbons (Fsp3) is 0.125. The molecule has 1 aromatic rings. The van der Waals surface area contributed by atoms with Crippen molar-refractivity contribution < 1.29 is 9.90 Å². The van der Waals surface area contributed by atoms with Crippen molar-refractivity contribution in [3.05, 3.63) is 27.7 Å². The number of carbonyl (C=O) groups excluding carboxylic acids is 1. The minimum absolute atomic E-state index is 0.103. The zero-order valence-corrected chi connectivity index (χ0v) is 7.68. The maximum Gasteiger partial charge on any atom is 0.252 e. The number of phenols is 1. The van der Waals surface area contributed by atoms with Crippen LogP contribution in [0.5, 0.6) is 5.75 Å². The normalized spacial score (nSPS) is 14.2. The number of aromatic hydroxyl groups is 1. The topological polar surface area (TPSA) is 49.3 Å². The first-order valence-electron chi connectivity index (χ1n) is 3.48. The number of amides is 1. The van der Waals surface area contributed by atoms with Gasteiger partial charge in [-0.3, -0.25) is 4.79 Å². The van der Waals surface area contributed by atoms with Crippen molar-refractivity contribution in [2.75, 3.05) is 0 Å². The second kappa shape index (κ2) is 2.48. The Morgan fingerprint density at radius 1 is 1.50 bits per heavy atom. The molecule has 2 rings (SSSR count). The zero-order chi connectivity index (χ0) is 8.72. The van der Waals surface area contributed by atoms with Gasteiger partial charge in [0.05, 0.1) is 4.47 Å². The molecular weight excluding hydrogens is 222 g/mol. The quantitative estimate of drug-likeness (QED) is 0.705. The van der Waals surface area contributed by atoms with E-state index >= 15 is 0 Å². The number of hydrogen-bond acceptors (Lipinski definition) is 2. The summed E-state index contributed by atoms with van der Waals surface area (Å²) in [7, 11) is 0. The average Bonchev–Trinajstić information content (AvgIpc) is 2.35. The van der Waals surface area contributed by atoms with E-state index in [4.69, 9.17) is 0 Å². The molecule has 12 heavy (non-hydrogen) atoms. The molecule has 2 N–H and O–H groups in total. The van der Waals surface area contributed by atoms with E-state index < -0.39 is 0 Å². The molecule has 0 atom stereocenters. The Kier molecular flexibility index (Phi) is 1.58. The van der Waals surface area contributed by atoms with Gasteiger partial charge in [0, 0.05) is 12.1 Å². The van der Waals surface area contributed by atoms with E-state index in [0.29, 0.717) is 16.6 Å². The van der Waals surface area contributed by atoms with Crippen LogP contribution in [0.4, 0.5) is 0 Å². The van der Waals surface area contributed by atoms with Gasteiger partial charge in [-0.05, 0) is 33.6 Å². The van der Waals surface area contributed by atoms with Crippen LogP contribution in [-0.2, 0) is 6.54 Å². The number of nitrogens with one attached hydrogen (secondary N) is 1. The van der Waals surface area contributed by atoms with Gasteiger partial charge in [0.1, 0.15) is 5.75 Å². The summed E-state index contributed by atoms with van der Waals surface area (Å²) < 4.78 is 0.623. The molecule has 0 fully saturated rings. The summed E-state index contributed by atoms with van der Waals surface area (Å²) in [6, 6.07) is 3.23. The Morgan fingerprint density at radius 2 is 2.25 bits per heavy atom. The van der Waals surface area contributed by atoms with Gasteiger partial charge in [0.15, 0.2) is 0 Å². The minimum Gasteiger partial charge on any atom is -0.507 e. The van der Waals surface area contributed by atoms with Gasteiger partial charge < -0.3 is 10.4 Å². The summed E-state index contributed by atoms with van der Waals surface area (Å²) in [6.07, 6.45) is 0. The molecule has 62 valence electrons. The molecule has 0 saturated heterocycles. The van der Waals surface area contributed by atoms with E-state index in [2.05, 4.69) is 21.2 Å². The van der Waals surface area contributed by atoms with Crippen molar-refractivity contribution in [3.8, 4) is 5.75 Å². The Bertz CT molecular complexity index is 362. The van der Waals surface area contributed by atoms with E-state index in [0.717, 1.165) is 5.56 Å². The molecule has 0 saturated carbocycles. The predicted octanol–water partition coefficient (Wildman–Crippen LogP) is 1.40. The van der Waals surface area contributed by atoms with Crippen molar-refractivity contribution in [2.45, 2.75) is 6.54 Å². The highest BCUT2D eigenvalue weighted by Gasteiger charge is 2.20. The largest absolute Gasteiger partial charge is 0.507 e. The maximum atomic E-state index is 11.1. The smallest absolute Gasteiger partial charge is 0.252 e. The second-order valence-corrected chi connectivity index (χ2v) is 3.50. The van der Waals surface area contributed by atoms with Crippen molar-refractivity contribution in [3.63, 3.8) is 0 Å². The first-order valence-corrected chi connectivity index (χ1v) is 4.27. The summed E-state index contributed by atoms with van der Waals surface area (Å²) >= 11 is 3.18. The SMILES string of the molecule is O=C1NCc2cc(Br)c(O)cc21. The lowest BCUT2D eigenvalue weighted by molar-refractivity contribution is 0.0965. The van der Waals surface area contributed by atoms with Crippen molar-refractivity contribution in [1.82, 2.24) is 5.32 Å². The molecule has 0 aromatic heterocycles. The molecule has 4 heteroatoms. The van der Waals surface area contributed by atoms with Gasteiger partial charge in [0.2, 0.25) is 0 Å². The lowest BCUT2D eigenvalue weighted by atomic mass is 10.1. The lowest BCUT2D eigenvalue weighted by Gasteiger charge is -1.99. The van der Waals surface area contributed by atoms with Crippen LogP contribution in [0.15, 0.2) is 16.6 Å². The van der Waals surface area contributed by atoms with Crippen LogP contribution < -0.4 is 5.32 Å². The fourth-order valence-corrected chi connectivity index (χ4v) is 1.62. The Morgan fingerprint density at radius 3 is 3.00 bits per heavy atom. The molecular formula is C8H6BrNO2.